The van der Waals surface area contributed by atoms with Gasteiger partial charge in [0.05, 0.1) is 36.2 Å². The fourth-order valence-corrected chi connectivity index (χ4v) is 7.17. The zero-order chi connectivity index (χ0) is 21.3. The van der Waals surface area contributed by atoms with E-state index in [0.717, 1.165) is 0 Å². The normalized spacial score (nSPS) is 24.7. The van der Waals surface area contributed by atoms with Gasteiger partial charge in [-0.15, -0.1) is 0 Å². The lowest BCUT2D eigenvalue weighted by atomic mass is 10.1. The van der Waals surface area contributed by atoms with Crippen LogP contribution in [0.5, 0.6) is 0 Å². The van der Waals surface area contributed by atoms with Gasteiger partial charge in [0.2, 0.25) is 0 Å². The molecule has 2 aliphatic rings. The van der Waals surface area contributed by atoms with Crippen LogP contribution in [-0.2, 0) is 33.9 Å². The standard InChI is InChI=1S/C16H28N2O7S4/c19-28(20)7-1-13(11-28)9-17-15(26)24-5-3-23-4-6-25-16(27)18-10-14-2-8-29(21,22)12-14/h13-14H,1-12H2,(H,17,26)(H,18,27). The Morgan fingerprint density at radius 2 is 1.17 bits per heavy atom. The van der Waals surface area contributed by atoms with Crippen LogP contribution < -0.4 is 10.6 Å². The van der Waals surface area contributed by atoms with E-state index in [1.165, 1.54) is 0 Å². The van der Waals surface area contributed by atoms with E-state index in [1.807, 2.05) is 0 Å². The molecule has 29 heavy (non-hydrogen) atoms. The molecule has 2 saturated heterocycles. The van der Waals surface area contributed by atoms with E-state index in [-0.39, 0.29) is 58.4 Å². The molecule has 0 aromatic rings. The van der Waals surface area contributed by atoms with Crippen LogP contribution in [-0.4, -0.2) is 89.7 Å². The van der Waals surface area contributed by atoms with Gasteiger partial charge < -0.3 is 24.8 Å². The molecule has 2 unspecified atom stereocenters. The number of hydrogen-bond acceptors (Lipinski definition) is 9. The van der Waals surface area contributed by atoms with Crippen molar-refractivity contribution in [1.29, 1.82) is 0 Å². The van der Waals surface area contributed by atoms with E-state index >= 15 is 0 Å². The summed E-state index contributed by atoms with van der Waals surface area (Å²) >= 11 is 10.1. The molecule has 2 rings (SSSR count). The average molecular weight is 489 g/mol. The second-order valence-electron chi connectivity index (χ2n) is 7.18. The molecule has 0 spiro atoms. The summed E-state index contributed by atoms with van der Waals surface area (Å²) < 4.78 is 61.6. The minimum absolute atomic E-state index is 0.0745. The second kappa shape index (κ2) is 11.6. The van der Waals surface area contributed by atoms with Gasteiger partial charge in [-0.25, -0.2) is 16.8 Å². The van der Waals surface area contributed by atoms with Crippen LogP contribution in [0.2, 0.25) is 0 Å². The highest BCUT2D eigenvalue weighted by Crippen LogP contribution is 2.18. The Bertz CT molecular complexity index is 706. The van der Waals surface area contributed by atoms with Gasteiger partial charge in [0.15, 0.2) is 19.7 Å². The molecular formula is C16H28N2O7S4. The van der Waals surface area contributed by atoms with Gasteiger partial charge in [-0.3, -0.25) is 0 Å². The number of nitrogens with one attached hydrogen (secondary N) is 2. The van der Waals surface area contributed by atoms with Crippen LogP contribution in [0.3, 0.4) is 0 Å². The molecule has 0 radical (unpaired) electrons. The Kier molecular flexibility index (Phi) is 9.79. The molecule has 168 valence electrons. The smallest absolute Gasteiger partial charge is 0.256 e. The summed E-state index contributed by atoms with van der Waals surface area (Å²) in [5, 5.41) is 6.31. The minimum Gasteiger partial charge on any atom is -0.469 e. The van der Waals surface area contributed by atoms with Crippen molar-refractivity contribution in [2.75, 3.05) is 62.5 Å². The highest BCUT2D eigenvalue weighted by Gasteiger charge is 2.28. The quantitative estimate of drug-likeness (QED) is 0.310. The van der Waals surface area contributed by atoms with Crippen molar-refractivity contribution in [3.63, 3.8) is 0 Å². The van der Waals surface area contributed by atoms with E-state index < -0.39 is 19.7 Å². The van der Waals surface area contributed by atoms with E-state index in [9.17, 15) is 16.8 Å². The molecule has 0 aromatic carbocycles. The number of sulfone groups is 2. The molecule has 9 nitrogen and oxygen atoms in total. The number of ether oxygens (including phenoxy) is 3. The molecule has 2 N–H and O–H groups in total. The zero-order valence-corrected chi connectivity index (χ0v) is 19.4. The topological polar surface area (TPSA) is 120 Å². The lowest BCUT2D eigenvalue weighted by Crippen LogP contribution is -2.31. The zero-order valence-electron chi connectivity index (χ0n) is 16.1. The van der Waals surface area contributed by atoms with Crippen molar-refractivity contribution in [1.82, 2.24) is 10.6 Å². The van der Waals surface area contributed by atoms with Crippen molar-refractivity contribution in [2.45, 2.75) is 12.8 Å². The Balaban J connectivity index is 1.40. The highest BCUT2D eigenvalue weighted by atomic mass is 32.2. The third-order valence-corrected chi connectivity index (χ3v) is 8.84. The summed E-state index contributed by atoms with van der Waals surface area (Å²) in [6, 6.07) is 0. The molecule has 2 aliphatic heterocycles. The lowest BCUT2D eigenvalue weighted by Gasteiger charge is -2.14. The predicted octanol–water partition coefficient (Wildman–Crippen LogP) is -0.345. The van der Waals surface area contributed by atoms with Crippen LogP contribution in [0.25, 0.3) is 0 Å². The average Bonchev–Trinajstić information content (AvgIpc) is 3.18. The SMILES string of the molecule is O=S1(=O)CCC(CNC(=S)OCCOCCOC(=S)NCC2CCS(=O)(=O)C2)C1. The summed E-state index contributed by atoms with van der Waals surface area (Å²) in [5.74, 6) is 1.02. The number of thiocarbonyl (C=S) groups is 2. The van der Waals surface area contributed by atoms with Gasteiger partial charge in [0.1, 0.15) is 13.2 Å². The molecule has 2 atom stereocenters. The number of rotatable bonds is 10. The van der Waals surface area contributed by atoms with E-state index in [2.05, 4.69) is 10.6 Å². The summed E-state index contributed by atoms with van der Waals surface area (Å²) in [5.41, 5.74) is 0. The first-order chi connectivity index (χ1) is 13.7. The van der Waals surface area contributed by atoms with Gasteiger partial charge in [-0.2, -0.15) is 0 Å². The van der Waals surface area contributed by atoms with E-state index in [1.54, 1.807) is 0 Å². The van der Waals surface area contributed by atoms with Gasteiger partial charge >= 0.3 is 0 Å². The maximum Gasteiger partial charge on any atom is 0.256 e. The first kappa shape index (κ1) is 24.5. The molecular weight excluding hydrogens is 460 g/mol. The van der Waals surface area contributed by atoms with Crippen molar-refractivity contribution in [2.24, 2.45) is 11.8 Å². The Hall–Kier alpha value is -0.760. The largest absolute Gasteiger partial charge is 0.469 e. The fourth-order valence-electron chi connectivity index (χ4n) is 3.11. The first-order valence-electron chi connectivity index (χ1n) is 9.45. The summed E-state index contributed by atoms with van der Waals surface area (Å²) in [4.78, 5) is 0. The fraction of sp³-hybridized carbons (Fsp3) is 0.875. The molecule has 2 heterocycles. The van der Waals surface area contributed by atoms with Crippen LogP contribution >= 0.6 is 24.4 Å². The van der Waals surface area contributed by atoms with Crippen molar-refractivity contribution in [3.8, 4) is 0 Å². The maximum absolute atomic E-state index is 11.4. The Morgan fingerprint density at radius 1 is 0.759 bits per heavy atom. The molecule has 0 saturated carbocycles. The molecule has 2 fully saturated rings. The maximum atomic E-state index is 11.4. The first-order valence-corrected chi connectivity index (χ1v) is 13.9. The molecule has 0 aliphatic carbocycles. The van der Waals surface area contributed by atoms with Crippen molar-refractivity contribution < 1.29 is 31.0 Å². The summed E-state index contributed by atoms with van der Waals surface area (Å²) in [7, 11) is -5.77. The van der Waals surface area contributed by atoms with Crippen molar-refractivity contribution >= 4 is 54.5 Å². The lowest BCUT2D eigenvalue weighted by molar-refractivity contribution is 0.0703. The monoisotopic (exact) mass is 488 g/mol. The third kappa shape index (κ3) is 10.2. The molecule has 0 aromatic heterocycles. The van der Waals surface area contributed by atoms with Crippen LogP contribution in [0.15, 0.2) is 0 Å². The van der Waals surface area contributed by atoms with Crippen LogP contribution in [0.1, 0.15) is 12.8 Å². The van der Waals surface area contributed by atoms with E-state index in [4.69, 9.17) is 38.6 Å². The van der Waals surface area contributed by atoms with Gasteiger partial charge in [0.25, 0.3) is 10.3 Å². The highest BCUT2D eigenvalue weighted by molar-refractivity contribution is 7.91. The minimum atomic E-state index is -2.89. The summed E-state index contributed by atoms with van der Waals surface area (Å²) in [6.07, 6.45) is 1.30. The molecule has 0 bridgehead atoms. The van der Waals surface area contributed by atoms with E-state index in [0.29, 0.717) is 39.1 Å². The van der Waals surface area contributed by atoms with Gasteiger partial charge in [-0.05, 0) is 49.1 Å². The van der Waals surface area contributed by atoms with Gasteiger partial charge in [-0.1, -0.05) is 0 Å². The van der Waals surface area contributed by atoms with Gasteiger partial charge in [0, 0.05) is 13.1 Å². The Morgan fingerprint density at radius 3 is 1.52 bits per heavy atom. The summed E-state index contributed by atoms with van der Waals surface area (Å²) in [6.45, 7) is 2.17. The third-order valence-electron chi connectivity index (χ3n) is 4.65. The predicted molar refractivity (Wildman–Crippen MR) is 117 cm³/mol. The Labute approximate surface area is 183 Å². The van der Waals surface area contributed by atoms with Crippen LogP contribution in [0.4, 0.5) is 0 Å². The second-order valence-corrected chi connectivity index (χ2v) is 12.4. The molecule has 0 amide bonds. The number of hydrogen-bond donors (Lipinski definition) is 2. The van der Waals surface area contributed by atoms with Crippen LogP contribution in [0, 0.1) is 11.8 Å². The van der Waals surface area contributed by atoms with Crippen molar-refractivity contribution in [3.05, 3.63) is 0 Å². The molecule has 13 heteroatoms.